The van der Waals surface area contributed by atoms with Crippen molar-refractivity contribution >= 4 is 29.3 Å². The second kappa shape index (κ2) is 7.74. The van der Waals surface area contributed by atoms with Crippen LogP contribution < -0.4 is 4.90 Å². The lowest BCUT2D eigenvalue weighted by atomic mass is 10.1. The maximum atomic E-state index is 13.4. The fourth-order valence-corrected chi connectivity index (χ4v) is 4.43. The quantitative estimate of drug-likeness (QED) is 0.665. The Morgan fingerprint density at radius 2 is 1.84 bits per heavy atom. The average molecular weight is 436 g/mol. The fourth-order valence-electron chi connectivity index (χ4n) is 4.20. The van der Waals surface area contributed by atoms with Crippen molar-refractivity contribution in [2.24, 2.45) is 4.99 Å². The number of guanidine groups is 1. The molecule has 3 aromatic rings. The van der Waals surface area contributed by atoms with Crippen LogP contribution in [0.4, 0.5) is 5.82 Å². The Bertz CT molecular complexity index is 1160. The SMILES string of the molecule is CCN1C(=O)c2c(nc(Cl)n2Cc2ccc(O)cc2)N2C[C@@H](Cc3ccccc3)N=C12. The monoisotopic (exact) mass is 435 g/mol. The summed E-state index contributed by atoms with van der Waals surface area (Å²) in [6.07, 6.45) is 0.796. The van der Waals surface area contributed by atoms with Gasteiger partial charge in [-0.2, -0.15) is 4.98 Å². The van der Waals surface area contributed by atoms with Gasteiger partial charge in [-0.25, -0.2) is 4.99 Å². The lowest BCUT2D eigenvalue weighted by Gasteiger charge is -2.32. The number of aromatic nitrogens is 2. The second-order valence-electron chi connectivity index (χ2n) is 7.74. The Kier molecular flexibility index (Phi) is 4.90. The Labute approximate surface area is 185 Å². The molecule has 2 aliphatic rings. The van der Waals surface area contributed by atoms with Crippen LogP contribution >= 0.6 is 11.6 Å². The van der Waals surface area contributed by atoms with Crippen molar-refractivity contribution < 1.29 is 9.90 Å². The molecule has 2 aliphatic heterocycles. The summed E-state index contributed by atoms with van der Waals surface area (Å²) in [6, 6.07) is 17.1. The number of carbonyl (C=O) groups excluding carboxylic acids is 1. The second-order valence-corrected chi connectivity index (χ2v) is 8.08. The van der Waals surface area contributed by atoms with E-state index < -0.39 is 0 Å². The van der Waals surface area contributed by atoms with E-state index in [1.54, 1.807) is 21.6 Å². The van der Waals surface area contributed by atoms with E-state index >= 15 is 0 Å². The zero-order chi connectivity index (χ0) is 21.5. The van der Waals surface area contributed by atoms with Gasteiger partial charge in [-0.15, -0.1) is 0 Å². The standard InChI is InChI=1S/C23H22ClN5O2/c1-2-27-21(31)19-20(26-22(24)28(19)13-16-8-10-18(30)11-9-16)29-14-17(25-23(27)29)12-15-6-4-3-5-7-15/h3-11,17,30H,2,12-14H2,1H3/t17-/m1/s1. The van der Waals surface area contributed by atoms with Gasteiger partial charge in [0.05, 0.1) is 19.1 Å². The van der Waals surface area contributed by atoms with Crippen LogP contribution in [0.15, 0.2) is 59.6 Å². The highest BCUT2D eigenvalue weighted by atomic mass is 35.5. The lowest BCUT2D eigenvalue weighted by molar-refractivity contribution is 0.0836. The fraction of sp³-hybridized carbons (Fsp3) is 0.261. The third-order valence-electron chi connectivity index (χ3n) is 5.69. The average Bonchev–Trinajstić information content (AvgIpc) is 3.32. The van der Waals surface area contributed by atoms with Gasteiger partial charge in [-0.3, -0.25) is 14.6 Å². The topological polar surface area (TPSA) is 74.0 Å². The molecule has 0 spiro atoms. The van der Waals surface area contributed by atoms with Gasteiger partial charge < -0.3 is 9.67 Å². The van der Waals surface area contributed by atoms with Crippen LogP contribution in [0.3, 0.4) is 0 Å². The third kappa shape index (κ3) is 3.45. The number of hydrogen-bond donors (Lipinski definition) is 1. The minimum Gasteiger partial charge on any atom is -0.508 e. The molecule has 5 rings (SSSR count). The summed E-state index contributed by atoms with van der Waals surface area (Å²) in [5.74, 6) is 1.25. The number of amides is 1. The molecule has 0 bridgehead atoms. The van der Waals surface area contributed by atoms with Gasteiger partial charge in [0.1, 0.15) is 5.75 Å². The smallest absolute Gasteiger partial charge is 0.281 e. The molecule has 8 heteroatoms. The highest BCUT2D eigenvalue weighted by Crippen LogP contribution is 2.34. The molecule has 0 saturated heterocycles. The van der Waals surface area contributed by atoms with Crippen molar-refractivity contribution in [2.75, 3.05) is 18.0 Å². The van der Waals surface area contributed by atoms with E-state index in [0.29, 0.717) is 37.1 Å². The van der Waals surface area contributed by atoms with Gasteiger partial charge in [0.15, 0.2) is 11.5 Å². The molecule has 0 saturated carbocycles. The van der Waals surface area contributed by atoms with E-state index in [2.05, 4.69) is 17.1 Å². The van der Waals surface area contributed by atoms with Gasteiger partial charge in [-0.05, 0) is 48.2 Å². The molecule has 31 heavy (non-hydrogen) atoms. The largest absolute Gasteiger partial charge is 0.508 e. The molecule has 1 aromatic heterocycles. The minimum atomic E-state index is -0.147. The van der Waals surface area contributed by atoms with Crippen LogP contribution in [-0.2, 0) is 13.0 Å². The third-order valence-corrected chi connectivity index (χ3v) is 5.98. The number of halogens is 1. The van der Waals surface area contributed by atoms with Crippen LogP contribution in [-0.4, -0.2) is 50.6 Å². The Morgan fingerprint density at radius 1 is 1.10 bits per heavy atom. The number of phenols is 1. The van der Waals surface area contributed by atoms with Crippen molar-refractivity contribution in [3.63, 3.8) is 0 Å². The maximum Gasteiger partial charge on any atom is 0.281 e. The number of nitrogens with zero attached hydrogens (tertiary/aromatic N) is 5. The number of hydrogen-bond acceptors (Lipinski definition) is 5. The summed E-state index contributed by atoms with van der Waals surface area (Å²) in [5.41, 5.74) is 2.60. The molecule has 2 aromatic carbocycles. The molecule has 1 amide bonds. The molecule has 158 valence electrons. The first-order chi connectivity index (χ1) is 15.0. The van der Waals surface area contributed by atoms with Gasteiger partial charge in [0, 0.05) is 6.54 Å². The van der Waals surface area contributed by atoms with Crippen LogP contribution in [0.2, 0.25) is 5.28 Å². The number of fused-ring (bicyclic) bond motifs is 3. The summed E-state index contributed by atoms with van der Waals surface area (Å²) in [5, 5.41) is 9.81. The molecular formula is C23H22ClN5O2. The van der Waals surface area contributed by atoms with Gasteiger partial charge >= 0.3 is 0 Å². The normalized spacial score (nSPS) is 17.5. The number of rotatable bonds is 5. The molecule has 7 nitrogen and oxygen atoms in total. The summed E-state index contributed by atoms with van der Waals surface area (Å²) < 4.78 is 1.73. The van der Waals surface area contributed by atoms with E-state index in [-0.39, 0.29) is 23.0 Å². The lowest BCUT2D eigenvalue weighted by Crippen LogP contribution is -2.50. The highest BCUT2D eigenvalue weighted by molar-refractivity contribution is 6.30. The van der Waals surface area contributed by atoms with Crippen LogP contribution in [0.5, 0.6) is 5.75 Å². The van der Waals surface area contributed by atoms with Crippen molar-refractivity contribution in [1.29, 1.82) is 0 Å². The van der Waals surface area contributed by atoms with Crippen LogP contribution in [0.1, 0.15) is 28.5 Å². The number of aromatic hydroxyl groups is 1. The minimum absolute atomic E-state index is 0.0335. The zero-order valence-electron chi connectivity index (χ0n) is 17.1. The Balaban J connectivity index is 1.50. The molecule has 0 fully saturated rings. The van der Waals surface area contributed by atoms with Crippen molar-refractivity contribution in [2.45, 2.75) is 25.9 Å². The van der Waals surface area contributed by atoms with Crippen LogP contribution in [0, 0.1) is 0 Å². The summed E-state index contributed by atoms with van der Waals surface area (Å²) in [6.45, 7) is 3.48. The Morgan fingerprint density at radius 3 is 2.55 bits per heavy atom. The predicted molar refractivity (Wildman–Crippen MR) is 120 cm³/mol. The summed E-state index contributed by atoms with van der Waals surface area (Å²) >= 11 is 6.49. The molecular weight excluding hydrogens is 414 g/mol. The first-order valence-corrected chi connectivity index (χ1v) is 10.7. The van der Waals surface area contributed by atoms with E-state index in [4.69, 9.17) is 16.6 Å². The summed E-state index contributed by atoms with van der Waals surface area (Å²) in [7, 11) is 0. The number of anilines is 1. The zero-order valence-corrected chi connectivity index (χ0v) is 17.8. The van der Waals surface area contributed by atoms with E-state index in [9.17, 15) is 9.90 Å². The van der Waals surface area contributed by atoms with E-state index in [0.717, 1.165) is 12.0 Å². The van der Waals surface area contributed by atoms with E-state index in [1.165, 1.54) is 5.56 Å². The number of imidazole rings is 1. The molecule has 0 unspecified atom stereocenters. The van der Waals surface area contributed by atoms with Crippen molar-refractivity contribution in [1.82, 2.24) is 14.5 Å². The number of carbonyl (C=O) groups is 1. The predicted octanol–water partition coefficient (Wildman–Crippen LogP) is 3.55. The molecule has 1 atom stereocenters. The Hall–Kier alpha value is -3.32. The summed E-state index contributed by atoms with van der Waals surface area (Å²) in [4.78, 5) is 26.5. The van der Waals surface area contributed by atoms with Crippen molar-refractivity contribution in [3.05, 3.63) is 76.7 Å². The van der Waals surface area contributed by atoms with Gasteiger partial charge in [-0.1, -0.05) is 42.5 Å². The number of phenolic OH excluding ortho intramolecular Hbond substituents is 1. The first-order valence-electron chi connectivity index (χ1n) is 10.3. The number of benzene rings is 2. The maximum absolute atomic E-state index is 13.4. The van der Waals surface area contributed by atoms with Gasteiger partial charge in [0.2, 0.25) is 11.2 Å². The van der Waals surface area contributed by atoms with Crippen molar-refractivity contribution in [3.8, 4) is 5.75 Å². The number of aliphatic imine (C=N–C) groups is 1. The van der Waals surface area contributed by atoms with Gasteiger partial charge in [0.25, 0.3) is 5.91 Å². The molecule has 0 radical (unpaired) electrons. The van der Waals surface area contributed by atoms with Crippen LogP contribution in [0.25, 0.3) is 0 Å². The van der Waals surface area contributed by atoms with E-state index in [1.807, 2.05) is 42.2 Å². The highest BCUT2D eigenvalue weighted by Gasteiger charge is 2.43. The molecule has 3 heterocycles. The molecule has 1 N–H and O–H groups in total. The first kappa shape index (κ1) is 19.6. The molecule has 0 aliphatic carbocycles.